The van der Waals surface area contributed by atoms with Crippen LogP contribution in [0.1, 0.15) is 41.9 Å². The van der Waals surface area contributed by atoms with Crippen molar-refractivity contribution < 1.29 is 14.4 Å². The number of fused-ring (bicyclic) bond motifs is 1. The number of rotatable bonds is 3. The predicted octanol–water partition coefficient (Wildman–Crippen LogP) is 3.73. The van der Waals surface area contributed by atoms with Gasteiger partial charge >= 0.3 is 0 Å². The molecule has 4 rings (SSSR count). The minimum Gasteiger partial charge on any atom is -0.289 e. The van der Waals surface area contributed by atoms with E-state index in [1.54, 1.807) is 19.1 Å². The molecule has 0 unspecified atom stereocenters. The summed E-state index contributed by atoms with van der Waals surface area (Å²) in [6.45, 7) is 1.69. The van der Waals surface area contributed by atoms with Crippen molar-refractivity contribution in [3.05, 3.63) is 65.1 Å². The van der Waals surface area contributed by atoms with Crippen molar-refractivity contribution in [2.24, 2.45) is 7.05 Å². The lowest BCUT2D eigenvalue weighted by Crippen LogP contribution is -2.42. The Hall–Kier alpha value is -2.73. The molecule has 2 atom stereocenters. The number of hydrogen-bond acceptors (Lipinski definition) is 3. The predicted molar refractivity (Wildman–Crippen MR) is 100 cm³/mol. The highest BCUT2D eigenvalue weighted by molar-refractivity contribution is 5.88. The molecule has 2 N–H and O–H groups in total. The molecule has 27 heavy (non-hydrogen) atoms. The fourth-order valence-corrected chi connectivity index (χ4v) is 4.55. The van der Waals surface area contributed by atoms with Crippen LogP contribution in [0, 0.1) is 12.7 Å². The molecule has 0 radical (unpaired) electrons. The SMILES string of the molecule is Cc1c(F)cccc1[C@]1(C(=O)NO)CC[C@@H](c2ccc3cnn(C)c3c2)C1. The highest BCUT2D eigenvalue weighted by Crippen LogP contribution is 2.49. The van der Waals surface area contributed by atoms with Gasteiger partial charge in [-0.2, -0.15) is 5.10 Å². The summed E-state index contributed by atoms with van der Waals surface area (Å²) in [6, 6.07) is 11.0. The molecule has 1 aliphatic rings. The van der Waals surface area contributed by atoms with Crippen LogP contribution in [-0.2, 0) is 17.3 Å². The fraction of sp³-hybridized carbons (Fsp3) is 0.333. The van der Waals surface area contributed by atoms with Gasteiger partial charge in [-0.05, 0) is 60.9 Å². The van der Waals surface area contributed by atoms with E-state index in [1.165, 1.54) is 6.07 Å². The van der Waals surface area contributed by atoms with Crippen LogP contribution in [0.5, 0.6) is 0 Å². The van der Waals surface area contributed by atoms with Crippen LogP contribution < -0.4 is 5.48 Å². The Labute approximate surface area is 156 Å². The molecule has 6 heteroatoms. The minimum absolute atomic E-state index is 0.143. The lowest BCUT2D eigenvalue weighted by molar-refractivity contribution is -0.135. The van der Waals surface area contributed by atoms with Gasteiger partial charge in [0.2, 0.25) is 0 Å². The van der Waals surface area contributed by atoms with Crippen LogP contribution >= 0.6 is 0 Å². The molecule has 1 fully saturated rings. The van der Waals surface area contributed by atoms with Gasteiger partial charge in [-0.3, -0.25) is 14.7 Å². The van der Waals surface area contributed by atoms with Crippen LogP contribution in [0.2, 0.25) is 0 Å². The Morgan fingerprint density at radius 1 is 1.37 bits per heavy atom. The second-order valence-corrected chi connectivity index (χ2v) is 7.46. The average Bonchev–Trinajstić information content (AvgIpc) is 3.28. The number of nitrogens with one attached hydrogen (secondary N) is 1. The normalized spacial score (nSPS) is 22.3. The second kappa shape index (κ2) is 6.46. The molecule has 1 aliphatic carbocycles. The smallest absolute Gasteiger partial charge is 0.254 e. The summed E-state index contributed by atoms with van der Waals surface area (Å²) >= 11 is 0. The number of hydroxylamine groups is 1. The Morgan fingerprint density at radius 2 is 2.19 bits per heavy atom. The highest BCUT2D eigenvalue weighted by Gasteiger charge is 2.48. The topological polar surface area (TPSA) is 67.2 Å². The van der Waals surface area contributed by atoms with Crippen molar-refractivity contribution in [3.63, 3.8) is 0 Å². The molecule has 0 aliphatic heterocycles. The molecule has 1 saturated carbocycles. The van der Waals surface area contributed by atoms with Crippen molar-refractivity contribution in [1.29, 1.82) is 0 Å². The van der Waals surface area contributed by atoms with Crippen LogP contribution in [0.15, 0.2) is 42.6 Å². The molecule has 1 heterocycles. The number of amides is 1. The first-order chi connectivity index (χ1) is 13.0. The van der Waals surface area contributed by atoms with E-state index in [-0.39, 0.29) is 11.7 Å². The van der Waals surface area contributed by atoms with E-state index in [1.807, 2.05) is 29.5 Å². The third kappa shape index (κ3) is 2.72. The third-order valence-corrected chi connectivity index (χ3v) is 6.08. The van der Waals surface area contributed by atoms with Crippen LogP contribution in [0.3, 0.4) is 0 Å². The van der Waals surface area contributed by atoms with Gasteiger partial charge in [0.25, 0.3) is 5.91 Å². The molecule has 0 bridgehead atoms. The molecule has 1 amide bonds. The van der Waals surface area contributed by atoms with Gasteiger partial charge in [-0.1, -0.05) is 24.3 Å². The molecule has 5 nitrogen and oxygen atoms in total. The Morgan fingerprint density at radius 3 is 2.96 bits per heavy atom. The van der Waals surface area contributed by atoms with Crippen molar-refractivity contribution in [2.75, 3.05) is 0 Å². The third-order valence-electron chi connectivity index (χ3n) is 6.08. The number of carbonyl (C=O) groups excluding carboxylic acids is 1. The molecule has 1 aromatic heterocycles. The zero-order valence-electron chi connectivity index (χ0n) is 15.4. The summed E-state index contributed by atoms with van der Waals surface area (Å²) in [5.74, 6) is -0.665. The summed E-state index contributed by atoms with van der Waals surface area (Å²) in [7, 11) is 1.90. The second-order valence-electron chi connectivity index (χ2n) is 7.46. The fourth-order valence-electron chi connectivity index (χ4n) is 4.55. The van der Waals surface area contributed by atoms with Gasteiger partial charge in [-0.15, -0.1) is 0 Å². The molecular formula is C21H22FN3O2. The first kappa shape index (κ1) is 17.7. The minimum atomic E-state index is -0.937. The molecular weight excluding hydrogens is 345 g/mol. The van der Waals surface area contributed by atoms with Gasteiger partial charge in [-0.25, -0.2) is 9.87 Å². The number of carbonyl (C=O) groups is 1. The number of nitrogens with zero attached hydrogens (tertiary/aromatic N) is 2. The zero-order chi connectivity index (χ0) is 19.2. The number of hydrogen-bond donors (Lipinski definition) is 2. The lowest BCUT2D eigenvalue weighted by atomic mass is 9.75. The van der Waals surface area contributed by atoms with E-state index in [2.05, 4.69) is 17.2 Å². The summed E-state index contributed by atoms with van der Waals surface area (Å²) in [4.78, 5) is 12.7. The van der Waals surface area contributed by atoms with Gasteiger partial charge in [0.15, 0.2) is 0 Å². The van der Waals surface area contributed by atoms with E-state index < -0.39 is 11.3 Å². The maximum Gasteiger partial charge on any atom is 0.254 e. The highest BCUT2D eigenvalue weighted by atomic mass is 19.1. The molecule has 140 valence electrons. The van der Waals surface area contributed by atoms with Crippen molar-refractivity contribution in [2.45, 2.75) is 37.5 Å². The van der Waals surface area contributed by atoms with Crippen molar-refractivity contribution in [1.82, 2.24) is 15.3 Å². The maximum absolute atomic E-state index is 14.2. The first-order valence-corrected chi connectivity index (χ1v) is 9.08. The summed E-state index contributed by atoms with van der Waals surface area (Å²) < 4.78 is 16.0. The van der Waals surface area contributed by atoms with E-state index in [0.717, 1.165) is 22.9 Å². The summed E-state index contributed by atoms with van der Waals surface area (Å²) in [5.41, 5.74) is 4.17. The Kier molecular flexibility index (Phi) is 4.23. The first-order valence-electron chi connectivity index (χ1n) is 9.08. The maximum atomic E-state index is 14.2. The number of aromatic nitrogens is 2. The van der Waals surface area contributed by atoms with Crippen LogP contribution in [-0.4, -0.2) is 20.9 Å². The lowest BCUT2D eigenvalue weighted by Gasteiger charge is -2.29. The zero-order valence-corrected chi connectivity index (χ0v) is 15.4. The number of halogens is 1. The van der Waals surface area contributed by atoms with Gasteiger partial charge < -0.3 is 0 Å². The summed E-state index contributed by atoms with van der Waals surface area (Å²) in [6.07, 6.45) is 3.69. The van der Waals surface area contributed by atoms with E-state index in [0.29, 0.717) is 24.0 Å². The van der Waals surface area contributed by atoms with E-state index >= 15 is 0 Å². The van der Waals surface area contributed by atoms with Crippen molar-refractivity contribution in [3.8, 4) is 0 Å². The summed E-state index contributed by atoms with van der Waals surface area (Å²) in [5, 5.41) is 14.7. The van der Waals surface area contributed by atoms with Gasteiger partial charge in [0.1, 0.15) is 5.82 Å². The number of benzene rings is 2. The number of aryl methyl sites for hydroxylation is 1. The monoisotopic (exact) mass is 367 g/mol. The Bertz CT molecular complexity index is 1030. The van der Waals surface area contributed by atoms with Gasteiger partial charge in [0.05, 0.1) is 17.1 Å². The van der Waals surface area contributed by atoms with Crippen LogP contribution in [0.4, 0.5) is 4.39 Å². The molecule has 0 spiro atoms. The quantitative estimate of drug-likeness (QED) is 0.547. The largest absolute Gasteiger partial charge is 0.289 e. The van der Waals surface area contributed by atoms with E-state index in [4.69, 9.17) is 0 Å². The standard InChI is InChI=1S/C21H22FN3O2/c1-13-17(4-3-5-18(13)22)21(20(26)24-27)9-8-15(11-21)14-6-7-16-12-23-25(2)19(16)10-14/h3-7,10,12,15,27H,8-9,11H2,1-2H3,(H,24,26)/t15-,21+/m1/s1. The molecule has 0 saturated heterocycles. The van der Waals surface area contributed by atoms with Gasteiger partial charge in [0, 0.05) is 12.4 Å². The van der Waals surface area contributed by atoms with Crippen LogP contribution in [0.25, 0.3) is 10.9 Å². The average molecular weight is 367 g/mol. The van der Waals surface area contributed by atoms with E-state index in [9.17, 15) is 14.4 Å². The van der Waals surface area contributed by atoms with Crippen molar-refractivity contribution >= 4 is 16.8 Å². The Balaban J connectivity index is 1.76. The molecule has 2 aromatic carbocycles. The molecule has 3 aromatic rings.